The Labute approximate surface area is 230 Å². The number of aromatic nitrogens is 1. The lowest BCUT2D eigenvalue weighted by Crippen LogP contribution is -2.56. The Morgan fingerprint density at radius 3 is 2.84 bits per heavy atom. The number of thioether (sulfide) groups is 1. The Hall–Kier alpha value is -1.80. The highest BCUT2D eigenvalue weighted by molar-refractivity contribution is 7.99. The van der Waals surface area contributed by atoms with Crippen molar-refractivity contribution < 1.29 is 24.2 Å². The predicted octanol–water partition coefficient (Wildman–Crippen LogP) is 5.41. The number of ketones is 2. The van der Waals surface area contributed by atoms with Crippen LogP contribution < -0.4 is 0 Å². The quantitative estimate of drug-likeness (QED) is 0.332. The number of hydrogen-bond donors (Lipinski definition) is 1. The zero-order valence-corrected chi connectivity index (χ0v) is 23.8. The highest BCUT2D eigenvalue weighted by Crippen LogP contribution is 2.66. The molecule has 4 aliphatic carbocycles. The second-order valence-corrected chi connectivity index (χ2v) is 13.1. The normalized spacial score (nSPS) is 38.7. The van der Waals surface area contributed by atoms with Gasteiger partial charge in [-0.3, -0.25) is 9.59 Å². The zero-order valence-electron chi connectivity index (χ0n) is 23.0. The van der Waals surface area contributed by atoms with Crippen molar-refractivity contribution in [2.45, 2.75) is 82.8 Å². The molecule has 9 atom stereocenters. The summed E-state index contributed by atoms with van der Waals surface area (Å²) < 4.78 is 12.3. The van der Waals surface area contributed by atoms with Gasteiger partial charge in [0.1, 0.15) is 5.78 Å². The minimum Gasteiger partial charge on any atom is -0.393 e. The van der Waals surface area contributed by atoms with E-state index in [1.807, 2.05) is 24.3 Å². The largest absolute Gasteiger partial charge is 0.393 e. The number of aliphatic hydroxyl groups excluding tert-OH is 1. The number of carbonyl (C=O) groups excluding carboxylic acids is 2. The van der Waals surface area contributed by atoms with E-state index in [0.717, 1.165) is 42.7 Å². The highest BCUT2D eigenvalue weighted by atomic mass is 32.2. The number of Topliss-reactive ketones (excluding diaryl/α,β-unsaturated/α-hetero) is 1. The average molecular weight is 540 g/mol. The summed E-state index contributed by atoms with van der Waals surface area (Å²) in [6.07, 6.45) is 10.9. The molecule has 0 aliphatic heterocycles. The Morgan fingerprint density at radius 2 is 2.13 bits per heavy atom. The third-order valence-corrected chi connectivity index (χ3v) is 10.9. The first-order valence-electron chi connectivity index (χ1n) is 14.1. The minimum atomic E-state index is -0.556. The first-order valence-corrected chi connectivity index (χ1v) is 15.1. The predicted molar refractivity (Wildman–Crippen MR) is 147 cm³/mol. The third-order valence-electron chi connectivity index (χ3n) is 9.96. The number of allylic oxidation sites excluding steroid dienone is 4. The van der Waals surface area contributed by atoms with Crippen LogP contribution in [-0.2, 0) is 19.1 Å². The lowest BCUT2D eigenvalue weighted by Gasteiger charge is -2.58. The van der Waals surface area contributed by atoms with Crippen LogP contribution in [0.2, 0.25) is 0 Å². The van der Waals surface area contributed by atoms with E-state index in [-0.39, 0.29) is 58.5 Å². The van der Waals surface area contributed by atoms with Gasteiger partial charge < -0.3 is 14.6 Å². The highest BCUT2D eigenvalue weighted by Gasteiger charge is 2.65. The van der Waals surface area contributed by atoms with Gasteiger partial charge in [0.15, 0.2) is 12.1 Å². The number of rotatable bonds is 9. The molecule has 6 nitrogen and oxygen atoms in total. The fraction of sp³-hybridized carbons (Fsp3) is 0.645. The topological polar surface area (TPSA) is 85.7 Å². The number of ether oxygens (including phenoxy) is 2. The van der Waals surface area contributed by atoms with E-state index >= 15 is 0 Å². The summed E-state index contributed by atoms with van der Waals surface area (Å²) in [5, 5.41) is 12.6. The van der Waals surface area contributed by atoms with E-state index in [1.54, 1.807) is 25.5 Å². The van der Waals surface area contributed by atoms with Crippen molar-refractivity contribution in [2.24, 2.45) is 34.5 Å². The summed E-state index contributed by atoms with van der Waals surface area (Å²) >= 11 is 1.47. The number of carbonyl (C=O) groups is 2. The summed E-state index contributed by atoms with van der Waals surface area (Å²) in [6, 6.07) is 5.74. The van der Waals surface area contributed by atoms with Gasteiger partial charge in [0.2, 0.25) is 0 Å². The van der Waals surface area contributed by atoms with E-state index in [0.29, 0.717) is 12.2 Å². The Bertz CT molecular complexity index is 1100. The number of aliphatic hydroxyl groups is 1. The van der Waals surface area contributed by atoms with Gasteiger partial charge in [-0.2, -0.15) is 0 Å². The smallest absolute Gasteiger partial charge is 0.178 e. The van der Waals surface area contributed by atoms with E-state index < -0.39 is 6.10 Å². The summed E-state index contributed by atoms with van der Waals surface area (Å²) in [7, 11) is 1.67. The van der Waals surface area contributed by atoms with E-state index in [2.05, 4.69) is 25.8 Å². The minimum absolute atomic E-state index is 0.0242. The molecule has 3 fully saturated rings. The van der Waals surface area contributed by atoms with E-state index in [9.17, 15) is 14.7 Å². The maximum absolute atomic E-state index is 14.0. The first-order chi connectivity index (χ1) is 18.2. The van der Waals surface area contributed by atoms with Crippen molar-refractivity contribution in [3.05, 3.63) is 48.2 Å². The standard InChI is InChI=1S/C31H41NO5S/c1-5-8-27(36-4)37-25-16-22-21-11-10-19-15-20(33)12-13-30(19,2)28(21)23(34)17-31(22,3)29(25)24(35)18-38-26-9-6-7-14-32-26/h6-7,9,12-15,21-23,25,27-29,34H,5,8,10-11,16-18H2,1-4H3/t21?,22?,23-,25+,27+,28?,29?,30?,31?/m0/s1. The Morgan fingerprint density at radius 1 is 1.32 bits per heavy atom. The summed E-state index contributed by atoms with van der Waals surface area (Å²) in [4.78, 5) is 30.5. The molecule has 3 saturated carbocycles. The van der Waals surface area contributed by atoms with Crippen molar-refractivity contribution in [1.82, 2.24) is 4.98 Å². The Kier molecular flexibility index (Phi) is 8.03. The second-order valence-electron chi connectivity index (χ2n) is 12.1. The third kappa shape index (κ3) is 4.85. The second kappa shape index (κ2) is 11.0. The van der Waals surface area contributed by atoms with Crippen molar-refractivity contribution in [3.8, 4) is 0 Å². The van der Waals surface area contributed by atoms with Crippen LogP contribution >= 0.6 is 11.8 Å². The van der Waals surface area contributed by atoms with E-state index in [1.165, 1.54) is 11.8 Å². The molecule has 1 heterocycles. The lowest BCUT2D eigenvalue weighted by molar-refractivity contribution is -0.175. The molecule has 1 aromatic rings. The van der Waals surface area contributed by atoms with Crippen LogP contribution in [0.25, 0.3) is 0 Å². The molecule has 0 aromatic carbocycles. The molecule has 6 unspecified atom stereocenters. The summed E-state index contributed by atoms with van der Waals surface area (Å²) in [5.41, 5.74) is 0.437. The van der Waals surface area contributed by atoms with Gasteiger partial charge in [0, 0.05) is 24.6 Å². The van der Waals surface area contributed by atoms with Crippen LogP contribution in [0.3, 0.4) is 0 Å². The van der Waals surface area contributed by atoms with E-state index in [4.69, 9.17) is 9.47 Å². The van der Waals surface area contributed by atoms with Gasteiger partial charge in [-0.1, -0.05) is 56.7 Å². The summed E-state index contributed by atoms with van der Waals surface area (Å²) in [5.74, 6) is 0.741. The van der Waals surface area contributed by atoms with Gasteiger partial charge in [0.05, 0.1) is 28.9 Å². The Balaban J connectivity index is 1.46. The zero-order chi connectivity index (χ0) is 27.1. The van der Waals surface area contributed by atoms with Gasteiger partial charge in [-0.05, 0) is 73.6 Å². The average Bonchev–Trinajstić information content (AvgIpc) is 3.19. The first kappa shape index (κ1) is 27.8. The van der Waals surface area contributed by atoms with Crippen molar-refractivity contribution >= 4 is 23.3 Å². The number of nitrogens with zero attached hydrogens (tertiary/aromatic N) is 1. The van der Waals surface area contributed by atoms with Crippen molar-refractivity contribution in [1.29, 1.82) is 0 Å². The number of hydrogen-bond acceptors (Lipinski definition) is 7. The SMILES string of the molecule is CCC[C@H](OC)O[C@@H]1CC2C3CCC4=CC(=O)C=CC4(C)C3[C@@H](O)CC2(C)C1C(=O)CSc1ccccn1. The molecule has 5 rings (SSSR count). The van der Waals surface area contributed by atoms with Gasteiger partial charge >= 0.3 is 0 Å². The lowest BCUT2D eigenvalue weighted by atomic mass is 9.46. The van der Waals surface area contributed by atoms with Gasteiger partial charge in [-0.25, -0.2) is 4.98 Å². The molecule has 1 aromatic heterocycles. The summed E-state index contributed by atoms with van der Waals surface area (Å²) in [6.45, 7) is 6.50. The van der Waals surface area contributed by atoms with Gasteiger partial charge in [-0.15, -0.1) is 0 Å². The fourth-order valence-electron chi connectivity index (χ4n) is 8.37. The molecule has 0 spiro atoms. The molecular formula is C31H41NO5S. The van der Waals surface area contributed by atoms with Crippen molar-refractivity contribution in [2.75, 3.05) is 12.9 Å². The molecule has 38 heavy (non-hydrogen) atoms. The van der Waals surface area contributed by atoms with Crippen LogP contribution in [-0.4, -0.2) is 53.0 Å². The molecule has 1 N–H and O–H groups in total. The maximum Gasteiger partial charge on any atom is 0.178 e. The van der Waals surface area contributed by atoms with Crippen LogP contribution in [0, 0.1) is 34.5 Å². The monoisotopic (exact) mass is 539 g/mol. The van der Waals surface area contributed by atoms with Crippen LogP contribution in [0.15, 0.2) is 53.2 Å². The number of pyridine rings is 1. The van der Waals surface area contributed by atoms with Crippen LogP contribution in [0.5, 0.6) is 0 Å². The molecule has 7 heteroatoms. The number of fused-ring (bicyclic) bond motifs is 5. The van der Waals surface area contributed by atoms with Gasteiger partial charge in [0.25, 0.3) is 0 Å². The van der Waals surface area contributed by atoms with Crippen LogP contribution in [0.4, 0.5) is 0 Å². The fourth-order valence-corrected chi connectivity index (χ4v) is 9.15. The molecular weight excluding hydrogens is 498 g/mol. The molecule has 206 valence electrons. The number of methoxy groups -OCH3 is 1. The molecule has 0 amide bonds. The van der Waals surface area contributed by atoms with Crippen molar-refractivity contribution in [3.63, 3.8) is 0 Å². The molecule has 0 saturated heterocycles. The molecule has 4 aliphatic rings. The molecule has 0 radical (unpaired) electrons. The maximum atomic E-state index is 14.0. The molecule has 0 bridgehead atoms. The van der Waals surface area contributed by atoms with Crippen LogP contribution in [0.1, 0.15) is 59.3 Å².